The van der Waals surface area contributed by atoms with Gasteiger partial charge in [0.05, 0.1) is 18.0 Å². The van der Waals surface area contributed by atoms with E-state index in [-0.39, 0.29) is 30.0 Å². The van der Waals surface area contributed by atoms with Crippen LogP contribution in [0.5, 0.6) is 5.88 Å². The number of halogens is 3. The van der Waals surface area contributed by atoms with Gasteiger partial charge in [-0.25, -0.2) is 4.68 Å². The highest BCUT2D eigenvalue weighted by Gasteiger charge is 2.49. The minimum Gasteiger partial charge on any atom is -0.466 e. The molecule has 0 spiro atoms. The third-order valence-corrected chi connectivity index (χ3v) is 7.16. The van der Waals surface area contributed by atoms with E-state index < -0.39 is 27.5 Å². The lowest BCUT2D eigenvalue weighted by molar-refractivity contribution is -0.141. The second kappa shape index (κ2) is 17.5. The van der Waals surface area contributed by atoms with Crippen molar-refractivity contribution in [3.05, 3.63) is 102 Å². The fourth-order valence-electron chi connectivity index (χ4n) is 3.85. The molecule has 260 valence electrons. The molecule has 5 aromatic rings. The summed E-state index contributed by atoms with van der Waals surface area (Å²) >= 11 is 0. The summed E-state index contributed by atoms with van der Waals surface area (Å²) in [5.74, 6) is -1.23. The Morgan fingerprint density at radius 3 is 1.88 bits per heavy atom. The van der Waals surface area contributed by atoms with Crippen molar-refractivity contribution in [2.45, 2.75) is 45.8 Å². The van der Waals surface area contributed by atoms with Crippen molar-refractivity contribution < 1.29 is 40.1 Å². The highest BCUT2D eigenvalue weighted by atomic mass is 32.2. The normalized spacial score (nSPS) is 11.0. The number of carbonyl (C=O) groups is 2. The molecule has 49 heavy (non-hydrogen) atoms. The first-order valence-corrected chi connectivity index (χ1v) is 16.0. The number of aromatic nitrogens is 7. The molecular formula is C31H32F3N7O7S. The van der Waals surface area contributed by atoms with E-state index in [9.17, 15) is 36.0 Å². The lowest BCUT2D eigenvalue weighted by Gasteiger charge is -2.09. The minimum absolute atomic E-state index is 0.000637. The SMILES string of the molecule is CCOC(=O)CC(=O)c1ccncc1.CCn1[nH]c(-c2ccncc2)cc1=O.CCn1nc(-c2ccncc2)cc1OS(=O)(=O)C(F)(F)F. The van der Waals surface area contributed by atoms with Crippen LogP contribution in [-0.4, -0.2) is 66.8 Å². The fourth-order valence-corrected chi connectivity index (χ4v) is 4.30. The van der Waals surface area contributed by atoms with E-state index in [0.29, 0.717) is 24.3 Å². The Morgan fingerprint density at radius 1 is 0.837 bits per heavy atom. The largest absolute Gasteiger partial charge is 0.534 e. The zero-order valence-corrected chi connectivity index (χ0v) is 27.3. The summed E-state index contributed by atoms with van der Waals surface area (Å²) in [6.07, 6.45) is 9.18. The second-order valence-corrected chi connectivity index (χ2v) is 11.1. The van der Waals surface area contributed by atoms with Crippen LogP contribution in [-0.2, 0) is 32.7 Å². The molecule has 0 saturated heterocycles. The van der Waals surface area contributed by atoms with Crippen LogP contribution in [0.15, 0.2) is 90.5 Å². The molecule has 0 radical (unpaired) electrons. The van der Waals surface area contributed by atoms with E-state index in [1.807, 2.05) is 19.1 Å². The van der Waals surface area contributed by atoms with E-state index in [1.54, 1.807) is 61.3 Å². The molecule has 5 aromatic heterocycles. The first-order chi connectivity index (χ1) is 23.3. The van der Waals surface area contributed by atoms with Crippen molar-refractivity contribution in [2.75, 3.05) is 6.61 Å². The Labute approximate surface area is 278 Å². The van der Waals surface area contributed by atoms with Gasteiger partial charge in [0, 0.05) is 79.1 Å². The number of aryl methyl sites for hydroxylation is 2. The molecule has 0 atom stereocenters. The van der Waals surface area contributed by atoms with Crippen LogP contribution >= 0.6 is 0 Å². The summed E-state index contributed by atoms with van der Waals surface area (Å²) in [7, 11) is -5.73. The zero-order chi connectivity index (χ0) is 36.0. The molecule has 14 nitrogen and oxygen atoms in total. The molecule has 1 N–H and O–H groups in total. The number of nitrogens with zero attached hydrogens (tertiary/aromatic N) is 6. The monoisotopic (exact) mass is 703 g/mol. The summed E-state index contributed by atoms with van der Waals surface area (Å²) in [5, 5.41) is 7.02. The Morgan fingerprint density at radius 2 is 1.39 bits per heavy atom. The number of rotatable bonds is 10. The first-order valence-electron chi connectivity index (χ1n) is 14.6. The number of esters is 1. The number of nitrogens with one attached hydrogen (secondary N) is 1. The van der Waals surface area contributed by atoms with Crippen molar-refractivity contribution in [1.82, 2.24) is 34.5 Å². The summed E-state index contributed by atoms with van der Waals surface area (Å²) in [4.78, 5) is 45.2. The third-order valence-electron chi connectivity index (χ3n) is 6.21. The molecule has 0 aliphatic rings. The topological polar surface area (TPSA) is 181 Å². The Kier molecular flexibility index (Phi) is 13.5. The van der Waals surface area contributed by atoms with Gasteiger partial charge in [-0.15, -0.1) is 0 Å². The summed E-state index contributed by atoms with van der Waals surface area (Å²) < 4.78 is 70.4. The molecule has 5 rings (SSSR count). The highest BCUT2D eigenvalue weighted by Crippen LogP contribution is 2.29. The van der Waals surface area contributed by atoms with E-state index in [1.165, 1.54) is 24.8 Å². The molecule has 0 aromatic carbocycles. The van der Waals surface area contributed by atoms with Gasteiger partial charge < -0.3 is 8.92 Å². The number of pyridine rings is 3. The number of H-pyrrole nitrogens is 1. The van der Waals surface area contributed by atoms with Crippen LogP contribution < -0.4 is 9.74 Å². The minimum atomic E-state index is -5.73. The van der Waals surface area contributed by atoms with Crippen molar-refractivity contribution in [2.24, 2.45) is 0 Å². The molecule has 18 heteroatoms. The number of hydrogen-bond acceptors (Lipinski definition) is 11. The number of alkyl halides is 3. The van der Waals surface area contributed by atoms with Gasteiger partial charge in [-0.2, -0.15) is 26.7 Å². The van der Waals surface area contributed by atoms with Crippen LogP contribution in [0.1, 0.15) is 37.6 Å². The maximum Gasteiger partial charge on any atom is 0.534 e. The molecular weight excluding hydrogens is 671 g/mol. The number of ether oxygens (including phenoxy) is 1. The molecule has 0 bridgehead atoms. The molecule has 0 fully saturated rings. The smallest absolute Gasteiger partial charge is 0.466 e. The van der Waals surface area contributed by atoms with Crippen LogP contribution in [0.2, 0.25) is 0 Å². The van der Waals surface area contributed by atoms with Gasteiger partial charge in [0.15, 0.2) is 5.78 Å². The summed E-state index contributed by atoms with van der Waals surface area (Å²) in [5.41, 5.74) is -2.35. The predicted molar refractivity (Wildman–Crippen MR) is 171 cm³/mol. The summed E-state index contributed by atoms with van der Waals surface area (Å²) in [6.45, 7) is 6.32. The van der Waals surface area contributed by atoms with Crippen molar-refractivity contribution in [3.8, 4) is 28.4 Å². The highest BCUT2D eigenvalue weighted by molar-refractivity contribution is 7.87. The van der Waals surface area contributed by atoms with E-state index >= 15 is 0 Å². The van der Waals surface area contributed by atoms with Crippen molar-refractivity contribution >= 4 is 21.9 Å². The second-order valence-electron chi connectivity index (χ2n) is 9.53. The van der Waals surface area contributed by atoms with Gasteiger partial charge in [0.2, 0.25) is 5.88 Å². The summed E-state index contributed by atoms with van der Waals surface area (Å²) in [6, 6.07) is 12.8. The van der Waals surface area contributed by atoms with Gasteiger partial charge >= 0.3 is 21.6 Å². The third kappa shape index (κ3) is 11.0. The predicted octanol–water partition coefficient (Wildman–Crippen LogP) is 4.67. The number of Topliss-reactive ketones (excluding diaryl/α,β-unsaturated/α-hetero) is 1. The van der Waals surface area contributed by atoms with Gasteiger partial charge in [-0.3, -0.25) is 39.1 Å². The molecule has 0 amide bonds. The molecule has 0 aliphatic heterocycles. The lowest BCUT2D eigenvalue weighted by Crippen LogP contribution is -2.28. The Bertz CT molecular complexity index is 1970. The number of hydrogen-bond donors (Lipinski definition) is 1. The van der Waals surface area contributed by atoms with Crippen LogP contribution in [0.4, 0.5) is 13.2 Å². The average Bonchev–Trinajstić information content (AvgIpc) is 3.68. The maximum atomic E-state index is 12.3. The number of ketones is 1. The fraction of sp³-hybridized carbons (Fsp3) is 0.258. The van der Waals surface area contributed by atoms with Crippen LogP contribution in [0.3, 0.4) is 0 Å². The van der Waals surface area contributed by atoms with Gasteiger partial charge in [0.1, 0.15) is 6.42 Å². The van der Waals surface area contributed by atoms with Gasteiger partial charge in [-0.1, -0.05) is 0 Å². The Balaban J connectivity index is 0.000000206. The zero-order valence-electron chi connectivity index (χ0n) is 26.5. The lowest BCUT2D eigenvalue weighted by atomic mass is 10.1. The molecule has 0 unspecified atom stereocenters. The van der Waals surface area contributed by atoms with Crippen molar-refractivity contribution in [1.29, 1.82) is 0 Å². The Hall–Kier alpha value is -5.65. The number of aromatic amines is 1. The average molecular weight is 704 g/mol. The standard InChI is InChI=1S/C11H10F3N3O3S.C10H11N3O.C10H11NO3/c1-2-17-10(20-21(18,19)11(12,13)14)7-9(16-17)8-3-5-15-6-4-8;1-2-13-10(14)7-9(12-13)8-3-5-11-6-4-8;1-2-14-10(13)7-9(12)8-3-5-11-6-4-8/h3-7H,2H2,1H3;3-7,12H,2H2,1H3;3-6H,2,7H2,1H3. The van der Waals surface area contributed by atoms with E-state index in [4.69, 9.17) is 0 Å². The maximum absolute atomic E-state index is 12.3. The van der Waals surface area contributed by atoms with Crippen LogP contribution in [0, 0.1) is 0 Å². The molecule has 0 saturated carbocycles. The number of carbonyl (C=O) groups excluding carboxylic acids is 2. The van der Waals surface area contributed by atoms with Crippen molar-refractivity contribution in [3.63, 3.8) is 0 Å². The van der Waals surface area contributed by atoms with Gasteiger partial charge in [-0.05, 0) is 57.2 Å². The van der Waals surface area contributed by atoms with E-state index in [2.05, 4.69) is 34.1 Å². The first kappa shape index (κ1) is 37.8. The van der Waals surface area contributed by atoms with Gasteiger partial charge in [0.25, 0.3) is 5.56 Å². The molecule has 5 heterocycles. The molecule has 0 aliphatic carbocycles. The van der Waals surface area contributed by atoms with Crippen LogP contribution in [0.25, 0.3) is 22.5 Å². The quantitative estimate of drug-likeness (QED) is 0.0702. The van der Waals surface area contributed by atoms with E-state index in [0.717, 1.165) is 22.0 Å².